The van der Waals surface area contributed by atoms with Gasteiger partial charge in [0.15, 0.2) is 15.9 Å². The number of carbonyl (C=O) groups excluding carboxylic acids is 2. The summed E-state index contributed by atoms with van der Waals surface area (Å²) in [5, 5.41) is 19.8. The number of thioether (sulfide) groups is 1. The van der Waals surface area contributed by atoms with Crippen molar-refractivity contribution in [3.63, 3.8) is 0 Å². The van der Waals surface area contributed by atoms with Gasteiger partial charge in [-0.05, 0) is 47.7 Å². The Kier molecular flexibility index (Phi) is 7.73. The summed E-state index contributed by atoms with van der Waals surface area (Å²) in [6.07, 6.45) is 0.885. The molecule has 2 heterocycles. The van der Waals surface area contributed by atoms with Gasteiger partial charge in [0.2, 0.25) is 5.13 Å². The third-order valence-electron chi connectivity index (χ3n) is 6.92. The minimum atomic E-state index is -0.669. The lowest BCUT2D eigenvalue weighted by Crippen LogP contribution is -2.42. The third kappa shape index (κ3) is 5.24. The smallest absolute Gasteiger partial charge is 0.219 e. The molecular weight excluding hydrogens is 566 g/mol. The molecule has 0 saturated heterocycles. The standard InChI is InChI=1S/C29H26ClN5O3S2/c1-29(2)12-21-25(22(36)13-29)24(18-6-4-5-7-20(18)30)19(14-31)26(32)35(21)27-33-34-28(40-27)39-15-23(37)16-8-10-17(38-3)11-9-16/h4-11,24H,12-13,15,32H2,1-3H3. The fourth-order valence-electron chi connectivity index (χ4n) is 5.09. The Bertz CT molecular complexity index is 1600. The van der Waals surface area contributed by atoms with Crippen LogP contribution in [0.4, 0.5) is 5.13 Å². The minimum absolute atomic E-state index is 0.0504. The molecule has 1 unspecified atom stereocenters. The molecule has 0 amide bonds. The molecule has 2 N–H and O–H groups in total. The first-order valence-electron chi connectivity index (χ1n) is 12.5. The highest BCUT2D eigenvalue weighted by Crippen LogP contribution is 2.51. The summed E-state index contributed by atoms with van der Waals surface area (Å²) in [5.74, 6) is 0.267. The van der Waals surface area contributed by atoms with Crippen molar-refractivity contribution in [1.29, 1.82) is 5.26 Å². The van der Waals surface area contributed by atoms with Gasteiger partial charge in [0.05, 0.1) is 30.4 Å². The first-order chi connectivity index (χ1) is 19.1. The van der Waals surface area contributed by atoms with E-state index in [1.807, 2.05) is 26.0 Å². The Hall–Kier alpha value is -3.65. The molecule has 5 rings (SSSR count). The molecule has 0 bridgehead atoms. The zero-order valence-corrected chi connectivity index (χ0v) is 24.5. The molecule has 2 aromatic carbocycles. The Labute approximate surface area is 245 Å². The van der Waals surface area contributed by atoms with Crippen LogP contribution in [-0.2, 0) is 4.79 Å². The van der Waals surface area contributed by atoms with E-state index in [0.29, 0.717) is 55.5 Å². The third-order valence-corrected chi connectivity index (χ3v) is 9.31. The molecule has 1 aliphatic heterocycles. The van der Waals surface area contributed by atoms with Crippen molar-refractivity contribution in [3.8, 4) is 11.8 Å². The average molecular weight is 592 g/mol. The van der Waals surface area contributed by atoms with E-state index in [-0.39, 0.29) is 34.1 Å². The van der Waals surface area contributed by atoms with Crippen molar-refractivity contribution >= 4 is 51.4 Å². The van der Waals surface area contributed by atoms with E-state index >= 15 is 0 Å². The summed E-state index contributed by atoms with van der Waals surface area (Å²) in [7, 11) is 1.57. The topological polar surface area (TPSA) is 122 Å². The second-order valence-electron chi connectivity index (χ2n) is 10.3. The van der Waals surface area contributed by atoms with Crippen molar-refractivity contribution in [2.45, 2.75) is 36.9 Å². The van der Waals surface area contributed by atoms with Crippen LogP contribution in [0.3, 0.4) is 0 Å². The average Bonchev–Trinajstić information content (AvgIpc) is 3.39. The number of hydrogen-bond donors (Lipinski definition) is 1. The van der Waals surface area contributed by atoms with Crippen molar-refractivity contribution < 1.29 is 14.3 Å². The predicted molar refractivity (Wildman–Crippen MR) is 157 cm³/mol. The highest BCUT2D eigenvalue weighted by atomic mass is 35.5. The van der Waals surface area contributed by atoms with Gasteiger partial charge in [0.1, 0.15) is 11.6 Å². The molecule has 1 atom stereocenters. The van der Waals surface area contributed by atoms with Crippen LogP contribution in [0.1, 0.15) is 48.5 Å². The van der Waals surface area contributed by atoms with Crippen LogP contribution < -0.4 is 15.4 Å². The summed E-state index contributed by atoms with van der Waals surface area (Å²) in [6.45, 7) is 4.06. The Balaban J connectivity index is 1.50. The zero-order valence-electron chi connectivity index (χ0n) is 22.1. The van der Waals surface area contributed by atoms with Gasteiger partial charge in [-0.15, -0.1) is 10.2 Å². The number of benzene rings is 2. The first-order valence-corrected chi connectivity index (χ1v) is 14.7. The summed E-state index contributed by atoms with van der Waals surface area (Å²) in [6, 6.07) is 16.4. The molecule has 204 valence electrons. The van der Waals surface area contributed by atoms with Gasteiger partial charge in [-0.2, -0.15) is 5.26 Å². The number of nitriles is 1. The molecule has 0 spiro atoms. The van der Waals surface area contributed by atoms with Gasteiger partial charge < -0.3 is 10.5 Å². The van der Waals surface area contributed by atoms with Crippen LogP contribution in [0.25, 0.3) is 0 Å². The van der Waals surface area contributed by atoms with Crippen molar-refractivity contribution in [2.75, 3.05) is 17.8 Å². The summed E-state index contributed by atoms with van der Waals surface area (Å²) >= 11 is 9.09. The van der Waals surface area contributed by atoms with Crippen LogP contribution in [0.15, 0.2) is 75.5 Å². The maximum absolute atomic E-state index is 13.7. The number of halogens is 1. The molecule has 1 aliphatic carbocycles. The molecule has 0 saturated carbocycles. The number of methoxy groups -OCH3 is 1. The number of anilines is 1. The second-order valence-corrected chi connectivity index (χ2v) is 12.9. The minimum Gasteiger partial charge on any atom is -0.497 e. The Morgan fingerprint density at radius 3 is 2.62 bits per heavy atom. The lowest BCUT2D eigenvalue weighted by atomic mass is 9.68. The van der Waals surface area contributed by atoms with Gasteiger partial charge in [0.25, 0.3) is 0 Å². The molecule has 0 radical (unpaired) electrons. The Morgan fingerprint density at radius 2 is 1.95 bits per heavy atom. The van der Waals surface area contributed by atoms with Crippen LogP contribution >= 0.6 is 34.7 Å². The number of nitrogens with two attached hydrogens (primary N) is 1. The maximum Gasteiger partial charge on any atom is 0.219 e. The number of rotatable bonds is 7. The first kappa shape index (κ1) is 27.9. The predicted octanol–water partition coefficient (Wildman–Crippen LogP) is 6.12. The van der Waals surface area contributed by atoms with E-state index < -0.39 is 5.92 Å². The van der Waals surface area contributed by atoms with Gasteiger partial charge in [0, 0.05) is 28.3 Å². The maximum atomic E-state index is 13.7. The zero-order chi connectivity index (χ0) is 28.6. The molecular formula is C29H26ClN5O3S2. The molecule has 3 aromatic rings. The fraction of sp³-hybridized carbons (Fsp3) is 0.276. The number of carbonyl (C=O) groups is 2. The number of nitrogens with zero attached hydrogens (tertiary/aromatic N) is 4. The normalized spacial score (nSPS) is 18.4. The van der Waals surface area contributed by atoms with E-state index in [4.69, 9.17) is 22.1 Å². The number of aromatic nitrogens is 2. The largest absolute Gasteiger partial charge is 0.497 e. The van der Waals surface area contributed by atoms with E-state index in [9.17, 15) is 14.9 Å². The molecule has 0 fully saturated rings. The van der Waals surface area contributed by atoms with E-state index in [2.05, 4.69) is 16.3 Å². The number of ether oxygens (including phenoxy) is 1. The van der Waals surface area contributed by atoms with Crippen LogP contribution in [-0.4, -0.2) is 34.6 Å². The van der Waals surface area contributed by atoms with Crippen molar-refractivity contribution in [1.82, 2.24) is 10.2 Å². The molecule has 8 nitrogen and oxygen atoms in total. The van der Waals surface area contributed by atoms with Gasteiger partial charge in [-0.1, -0.05) is 66.7 Å². The highest BCUT2D eigenvalue weighted by molar-refractivity contribution is 8.01. The van der Waals surface area contributed by atoms with Crippen molar-refractivity contribution in [3.05, 3.63) is 87.3 Å². The lowest BCUT2D eigenvalue weighted by Gasteiger charge is -2.42. The molecule has 2 aliphatic rings. The summed E-state index contributed by atoms with van der Waals surface area (Å²) < 4.78 is 5.72. The Morgan fingerprint density at radius 1 is 1.23 bits per heavy atom. The lowest BCUT2D eigenvalue weighted by molar-refractivity contribution is -0.118. The van der Waals surface area contributed by atoms with E-state index in [0.717, 1.165) is 0 Å². The second kappa shape index (κ2) is 11.1. The van der Waals surface area contributed by atoms with E-state index in [1.165, 1.54) is 23.1 Å². The SMILES string of the molecule is COc1ccc(C(=O)CSc2nnc(N3C(N)=C(C#N)C(c4ccccc4Cl)C4=C3CC(C)(C)CC4=O)s2)cc1. The monoisotopic (exact) mass is 591 g/mol. The van der Waals surface area contributed by atoms with Gasteiger partial charge in [-0.25, -0.2) is 0 Å². The molecule has 40 heavy (non-hydrogen) atoms. The highest BCUT2D eigenvalue weighted by Gasteiger charge is 2.45. The van der Waals surface area contributed by atoms with Crippen molar-refractivity contribution in [2.24, 2.45) is 11.1 Å². The van der Waals surface area contributed by atoms with E-state index in [1.54, 1.807) is 48.4 Å². The van der Waals surface area contributed by atoms with Gasteiger partial charge >= 0.3 is 0 Å². The molecule has 11 heteroatoms. The summed E-state index contributed by atoms with van der Waals surface area (Å²) in [4.78, 5) is 28.1. The summed E-state index contributed by atoms with van der Waals surface area (Å²) in [5.41, 5.74) is 9.03. The quantitative estimate of drug-likeness (QED) is 0.256. The van der Waals surface area contributed by atoms with Gasteiger partial charge in [-0.3, -0.25) is 14.5 Å². The van der Waals surface area contributed by atoms with Crippen LogP contribution in [0, 0.1) is 16.7 Å². The van der Waals surface area contributed by atoms with Crippen LogP contribution in [0.5, 0.6) is 5.75 Å². The fourth-order valence-corrected chi connectivity index (χ4v) is 7.11. The number of hydrogen-bond acceptors (Lipinski definition) is 10. The number of allylic oxidation sites excluding steroid dienone is 3. The van der Waals surface area contributed by atoms with Crippen LogP contribution in [0.2, 0.25) is 5.02 Å². The molecule has 1 aromatic heterocycles. The number of Topliss-reactive ketones (excluding diaryl/α,β-unsaturated/α-hetero) is 2. The number of ketones is 2.